The van der Waals surface area contributed by atoms with Gasteiger partial charge in [0.25, 0.3) is 0 Å². The summed E-state index contributed by atoms with van der Waals surface area (Å²) in [6, 6.07) is 11.2. The number of aromatic nitrogens is 1. The van der Waals surface area contributed by atoms with Gasteiger partial charge in [-0.05, 0) is 42.7 Å². The van der Waals surface area contributed by atoms with E-state index in [4.69, 9.17) is 5.73 Å². The van der Waals surface area contributed by atoms with Crippen LogP contribution in [0.15, 0.2) is 48.8 Å². The van der Waals surface area contributed by atoms with Crippen LogP contribution in [0.25, 0.3) is 5.69 Å². The number of nitrogens with zero attached hydrogens (tertiary/aromatic N) is 1. The van der Waals surface area contributed by atoms with Crippen molar-refractivity contribution in [2.75, 3.05) is 5.32 Å². The quantitative estimate of drug-likeness (QED) is 0.878. The van der Waals surface area contributed by atoms with E-state index in [1.807, 2.05) is 53.4 Å². The number of carbonyl (C=O) groups excluding carboxylic acids is 1. The van der Waals surface area contributed by atoms with Crippen LogP contribution in [0.4, 0.5) is 5.69 Å². The van der Waals surface area contributed by atoms with Crippen LogP contribution in [-0.2, 0) is 4.79 Å². The van der Waals surface area contributed by atoms with E-state index < -0.39 is 6.04 Å². The van der Waals surface area contributed by atoms with Crippen molar-refractivity contribution in [1.29, 1.82) is 0 Å². The van der Waals surface area contributed by atoms with Crippen LogP contribution in [-0.4, -0.2) is 16.5 Å². The highest BCUT2D eigenvalue weighted by Crippen LogP contribution is 2.15. The molecule has 0 radical (unpaired) electrons. The van der Waals surface area contributed by atoms with Crippen molar-refractivity contribution in [2.24, 2.45) is 11.7 Å². The van der Waals surface area contributed by atoms with Gasteiger partial charge in [0.1, 0.15) is 0 Å². The topological polar surface area (TPSA) is 60.1 Å². The molecule has 0 bridgehead atoms. The van der Waals surface area contributed by atoms with Crippen molar-refractivity contribution in [3.63, 3.8) is 0 Å². The van der Waals surface area contributed by atoms with Crippen molar-refractivity contribution in [1.82, 2.24) is 4.57 Å². The number of amides is 1. The van der Waals surface area contributed by atoms with E-state index in [0.717, 1.165) is 11.4 Å². The number of hydrogen-bond donors (Lipinski definition) is 2. The van der Waals surface area contributed by atoms with Gasteiger partial charge in [-0.15, -0.1) is 0 Å². The first-order valence-electron chi connectivity index (χ1n) is 6.86. The summed E-state index contributed by atoms with van der Waals surface area (Å²) < 4.78 is 1.99. The maximum Gasteiger partial charge on any atom is 0.241 e. The molecule has 2 rings (SSSR count). The van der Waals surface area contributed by atoms with Crippen molar-refractivity contribution in [3.8, 4) is 5.69 Å². The molecular weight excluding hydrogens is 250 g/mol. The molecule has 3 N–H and O–H groups in total. The fourth-order valence-electron chi connectivity index (χ4n) is 2.10. The van der Waals surface area contributed by atoms with Crippen LogP contribution in [0.3, 0.4) is 0 Å². The normalized spacial score (nSPS) is 12.4. The first-order valence-corrected chi connectivity index (χ1v) is 6.86. The summed E-state index contributed by atoms with van der Waals surface area (Å²) in [5.74, 6) is 0.269. The standard InChI is InChI=1S/C16H21N3O/c1-12(2)10-15(17)16(20)18-13-6-5-7-14(11-13)19-8-3-4-9-19/h3-9,11-12,15H,10,17H2,1-2H3,(H,18,20)/t15-/m0/s1. The number of hydrogen-bond acceptors (Lipinski definition) is 2. The molecule has 106 valence electrons. The molecule has 0 aliphatic rings. The molecule has 0 fully saturated rings. The Hall–Kier alpha value is -2.07. The molecule has 1 aromatic heterocycles. The van der Waals surface area contributed by atoms with Crippen LogP contribution in [0.5, 0.6) is 0 Å². The molecule has 1 amide bonds. The van der Waals surface area contributed by atoms with E-state index in [0.29, 0.717) is 12.3 Å². The van der Waals surface area contributed by atoms with Gasteiger partial charge in [-0.2, -0.15) is 0 Å². The Bertz CT molecular complexity index is 561. The molecule has 4 nitrogen and oxygen atoms in total. The maximum atomic E-state index is 12.0. The van der Waals surface area contributed by atoms with Gasteiger partial charge in [-0.25, -0.2) is 0 Å². The predicted octanol–water partition coefficient (Wildman–Crippen LogP) is 2.79. The molecule has 0 unspecified atom stereocenters. The average molecular weight is 271 g/mol. The fraction of sp³-hybridized carbons (Fsp3) is 0.312. The van der Waals surface area contributed by atoms with Crippen LogP contribution in [0.1, 0.15) is 20.3 Å². The molecule has 0 aliphatic heterocycles. The summed E-state index contributed by atoms with van der Waals surface area (Å²) in [6.45, 7) is 4.11. The Morgan fingerprint density at radius 1 is 1.25 bits per heavy atom. The lowest BCUT2D eigenvalue weighted by Gasteiger charge is -2.14. The number of rotatable bonds is 5. The molecule has 0 saturated carbocycles. The smallest absolute Gasteiger partial charge is 0.241 e. The predicted molar refractivity (Wildman–Crippen MR) is 81.8 cm³/mol. The lowest BCUT2D eigenvalue weighted by molar-refractivity contribution is -0.117. The molecule has 1 aromatic carbocycles. The van der Waals surface area contributed by atoms with E-state index in [2.05, 4.69) is 19.2 Å². The summed E-state index contributed by atoms with van der Waals surface area (Å²) in [5.41, 5.74) is 7.65. The summed E-state index contributed by atoms with van der Waals surface area (Å²) >= 11 is 0. The fourth-order valence-corrected chi connectivity index (χ4v) is 2.10. The van der Waals surface area contributed by atoms with Gasteiger partial charge in [-0.1, -0.05) is 19.9 Å². The highest BCUT2D eigenvalue weighted by Gasteiger charge is 2.15. The van der Waals surface area contributed by atoms with E-state index in [-0.39, 0.29) is 5.91 Å². The molecule has 2 aromatic rings. The van der Waals surface area contributed by atoms with Gasteiger partial charge in [-0.3, -0.25) is 4.79 Å². The zero-order valence-corrected chi connectivity index (χ0v) is 11.9. The Balaban J connectivity index is 2.07. The van der Waals surface area contributed by atoms with E-state index in [9.17, 15) is 4.79 Å². The largest absolute Gasteiger partial charge is 0.325 e. The molecule has 0 saturated heterocycles. The number of nitrogens with two attached hydrogens (primary N) is 1. The third kappa shape index (κ3) is 3.71. The van der Waals surface area contributed by atoms with Crippen molar-refractivity contribution in [2.45, 2.75) is 26.3 Å². The van der Waals surface area contributed by atoms with Crippen LogP contribution in [0.2, 0.25) is 0 Å². The highest BCUT2D eigenvalue weighted by molar-refractivity contribution is 5.94. The van der Waals surface area contributed by atoms with Gasteiger partial charge < -0.3 is 15.6 Å². The van der Waals surface area contributed by atoms with Gasteiger partial charge in [0.15, 0.2) is 0 Å². The molecule has 4 heteroatoms. The number of carbonyl (C=O) groups is 1. The van der Waals surface area contributed by atoms with Crippen LogP contribution >= 0.6 is 0 Å². The SMILES string of the molecule is CC(C)C[C@H](N)C(=O)Nc1cccc(-n2cccc2)c1. The lowest BCUT2D eigenvalue weighted by Crippen LogP contribution is -2.36. The molecule has 1 atom stereocenters. The Morgan fingerprint density at radius 2 is 1.95 bits per heavy atom. The minimum absolute atomic E-state index is 0.136. The molecule has 0 spiro atoms. The molecule has 0 aliphatic carbocycles. The van der Waals surface area contributed by atoms with Crippen molar-refractivity contribution in [3.05, 3.63) is 48.8 Å². The third-order valence-corrected chi connectivity index (χ3v) is 3.08. The van der Waals surface area contributed by atoms with Gasteiger partial charge in [0.2, 0.25) is 5.91 Å². The Labute approximate surface area is 119 Å². The number of benzene rings is 1. The Morgan fingerprint density at radius 3 is 2.60 bits per heavy atom. The van der Waals surface area contributed by atoms with Crippen molar-refractivity contribution < 1.29 is 4.79 Å². The maximum absolute atomic E-state index is 12.0. The monoisotopic (exact) mass is 271 g/mol. The third-order valence-electron chi connectivity index (χ3n) is 3.08. The van der Waals surface area contributed by atoms with E-state index in [1.54, 1.807) is 0 Å². The summed E-state index contributed by atoms with van der Waals surface area (Å²) in [6.07, 6.45) is 4.61. The van der Waals surface area contributed by atoms with Gasteiger partial charge in [0.05, 0.1) is 6.04 Å². The minimum Gasteiger partial charge on any atom is -0.325 e. The molecule has 1 heterocycles. The lowest BCUT2D eigenvalue weighted by atomic mass is 10.0. The second kappa shape index (κ2) is 6.39. The summed E-state index contributed by atoms with van der Waals surface area (Å²) in [4.78, 5) is 12.0. The zero-order chi connectivity index (χ0) is 14.5. The Kier molecular flexibility index (Phi) is 4.58. The summed E-state index contributed by atoms with van der Waals surface area (Å²) in [7, 11) is 0. The highest BCUT2D eigenvalue weighted by atomic mass is 16.2. The zero-order valence-electron chi connectivity index (χ0n) is 11.9. The average Bonchev–Trinajstić information content (AvgIpc) is 2.92. The van der Waals surface area contributed by atoms with Crippen LogP contribution in [0, 0.1) is 5.92 Å². The summed E-state index contributed by atoms with van der Waals surface area (Å²) in [5, 5.41) is 2.87. The van der Waals surface area contributed by atoms with Crippen LogP contribution < -0.4 is 11.1 Å². The van der Waals surface area contributed by atoms with Crippen molar-refractivity contribution >= 4 is 11.6 Å². The van der Waals surface area contributed by atoms with E-state index >= 15 is 0 Å². The molecule has 20 heavy (non-hydrogen) atoms. The molecular formula is C16H21N3O. The number of nitrogens with one attached hydrogen (secondary N) is 1. The number of anilines is 1. The van der Waals surface area contributed by atoms with E-state index in [1.165, 1.54) is 0 Å². The van der Waals surface area contributed by atoms with Gasteiger partial charge in [0, 0.05) is 23.8 Å². The second-order valence-electron chi connectivity index (χ2n) is 5.37. The minimum atomic E-state index is -0.467. The van der Waals surface area contributed by atoms with Gasteiger partial charge >= 0.3 is 0 Å². The first kappa shape index (κ1) is 14.3. The second-order valence-corrected chi connectivity index (χ2v) is 5.37. The first-order chi connectivity index (χ1) is 9.56.